The Morgan fingerprint density at radius 1 is 1.29 bits per heavy atom. The summed E-state index contributed by atoms with van der Waals surface area (Å²) in [5, 5.41) is 0. The lowest BCUT2D eigenvalue weighted by Gasteiger charge is -2.22. The Hall–Kier alpha value is -1.35. The maximum Gasteiger partial charge on any atom is 0.184 e. The number of aliphatic imine (C=N–C) groups is 1. The van der Waals surface area contributed by atoms with Gasteiger partial charge in [-0.05, 0) is 16.9 Å². The average Bonchev–Trinajstić information content (AvgIpc) is 2.89. The lowest BCUT2D eigenvalue weighted by molar-refractivity contribution is 0.0586. The molecule has 3 atom stereocenters. The highest BCUT2D eigenvalue weighted by molar-refractivity contribution is 5.78. The van der Waals surface area contributed by atoms with Crippen LogP contribution >= 0.6 is 0 Å². The third-order valence-corrected chi connectivity index (χ3v) is 4.10. The molecule has 0 saturated heterocycles. The van der Waals surface area contributed by atoms with Gasteiger partial charge in [0.2, 0.25) is 0 Å². The third-order valence-electron chi connectivity index (χ3n) is 4.10. The first kappa shape index (κ1) is 16.0. The summed E-state index contributed by atoms with van der Waals surface area (Å²) in [4.78, 5) is 4.75. The van der Waals surface area contributed by atoms with Gasteiger partial charge in [-0.1, -0.05) is 58.0 Å². The summed E-state index contributed by atoms with van der Waals surface area (Å²) in [6.07, 6.45) is 0.895. The van der Waals surface area contributed by atoms with Gasteiger partial charge in [-0.15, -0.1) is 0 Å². The van der Waals surface area contributed by atoms with Crippen molar-refractivity contribution in [3.63, 3.8) is 0 Å². The summed E-state index contributed by atoms with van der Waals surface area (Å²) in [7, 11) is 1.77. The molecule has 0 bridgehead atoms. The number of hydrogen-bond acceptors (Lipinski definition) is 3. The maximum absolute atomic E-state index is 5.79. The fraction of sp³-hybridized carbons (Fsp3) is 0.611. The Morgan fingerprint density at radius 3 is 2.48 bits per heavy atom. The molecule has 0 aromatic heterocycles. The van der Waals surface area contributed by atoms with E-state index in [4.69, 9.17) is 14.5 Å². The van der Waals surface area contributed by atoms with Crippen LogP contribution in [0.2, 0.25) is 0 Å². The Morgan fingerprint density at radius 2 is 1.95 bits per heavy atom. The van der Waals surface area contributed by atoms with Crippen LogP contribution in [0.3, 0.4) is 0 Å². The van der Waals surface area contributed by atoms with E-state index in [1.807, 2.05) is 18.2 Å². The summed E-state index contributed by atoms with van der Waals surface area (Å²) < 4.78 is 11.5. The summed E-state index contributed by atoms with van der Waals surface area (Å²) in [5.41, 5.74) is 1.36. The molecule has 0 unspecified atom stereocenters. The van der Waals surface area contributed by atoms with Crippen molar-refractivity contribution >= 4 is 5.90 Å². The fourth-order valence-corrected chi connectivity index (χ4v) is 2.70. The fourth-order valence-electron chi connectivity index (χ4n) is 2.70. The molecule has 116 valence electrons. The molecule has 1 aliphatic rings. The number of rotatable bonds is 5. The predicted molar refractivity (Wildman–Crippen MR) is 86.6 cm³/mol. The predicted octanol–water partition coefficient (Wildman–Crippen LogP) is 4.24. The Balaban J connectivity index is 2.02. The van der Waals surface area contributed by atoms with Crippen molar-refractivity contribution in [2.45, 2.75) is 46.3 Å². The molecule has 3 nitrogen and oxygen atoms in total. The van der Waals surface area contributed by atoms with Crippen LogP contribution in [0.15, 0.2) is 35.3 Å². The van der Waals surface area contributed by atoms with Crippen molar-refractivity contribution < 1.29 is 9.47 Å². The molecule has 0 saturated carbocycles. The van der Waals surface area contributed by atoms with Crippen LogP contribution in [0.4, 0.5) is 0 Å². The first-order valence-electron chi connectivity index (χ1n) is 7.69. The average molecular weight is 289 g/mol. The van der Waals surface area contributed by atoms with Crippen LogP contribution in [-0.4, -0.2) is 25.7 Å². The van der Waals surface area contributed by atoms with Gasteiger partial charge in [0.1, 0.15) is 6.61 Å². The van der Waals surface area contributed by atoms with E-state index in [-0.39, 0.29) is 17.6 Å². The minimum Gasteiger partial charge on any atom is -0.479 e. The molecule has 2 rings (SSSR count). The van der Waals surface area contributed by atoms with Crippen LogP contribution in [0.25, 0.3) is 0 Å². The first-order valence-corrected chi connectivity index (χ1v) is 7.69. The van der Waals surface area contributed by atoms with Gasteiger partial charge in [0.15, 0.2) is 5.90 Å². The zero-order valence-electron chi connectivity index (χ0n) is 13.8. The lowest BCUT2D eigenvalue weighted by Crippen LogP contribution is -2.25. The molecule has 3 heteroatoms. The second kappa shape index (κ2) is 6.61. The largest absolute Gasteiger partial charge is 0.479 e. The topological polar surface area (TPSA) is 30.8 Å². The van der Waals surface area contributed by atoms with Crippen LogP contribution in [0.5, 0.6) is 0 Å². The van der Waals surface area contributed by atoms with Crippen molar-refractivity contribution in [2.24, 2.45) is 16.3 Å². The van der Waals surface area contributed by atoms with Gasteiger partial charge in [0.05, 0.1) is 12.1 Å². The standard InChI is InChI=1S/C18H27NO2/c1-13(17(20-5)14-9-7-6-8-10-14)11-16-19-15(12-21-16)18(2,3)4/h6-10,13,15,17H,11-12H2,1-5H3/t13-,15+,17-/m0/s1. The highest BCUT2D eigenvalue weighted by Gasteiger charge is 2.31. The number of methoxy groups -OCH3 is 1. The van der Waals surface area contributed by atoms with Gasteiger partial charge in [0, 0.05) is 13.5 Å². The molecule has 1 aromatic carbocycles. The molecule has 21 heavy (non-hydrogen) atoms. The van der Waals surface area contributed by atoms with Crippen molar-refractivity contribution in [3.05, 3.63) is 35.9 Å². The van der Waals surface area contributed by atoms with E-state index in [2.05, 4.69) is 39.8 Å². The number of nitrogens with zero attached hydrogens (tertiary/aromatic N) is 1. The molecule has 0 radical (unpaired) electrons. The minimum atomic E-state index is 0.0752. The van der Waals surface area contributed by atoms with Crippen LogP contribution in [0, 0.1) is 11.3 Å². The maximum atomic E-state index is 5.79. The molecule has 1 aromatic rings. The Kier molecular flexibility index (Phi) is 5.04. The third kappa shape index (κ3) is 4.07. The van der Waals surface area contributed by atoms with Crippen molar-refractivity contribution in [2.75, 3.05) is 13.7 Å². The smallest absolute Gasteiger partial charge is 0.184 e. The van der Waals surface area contributed by atoms with Gasteiger partial charge in [-0.2, -0.15) is 0 Å². The Bertz CT molecular complexity index is 476. The molecule has 1 heterocycles. The van der Waals surface area contributed by atoms with Crippen LogP contribution in [-0.2, 0) is 9.47 Å². The highest BCUT2D eigenvalue weighted by Crippen LogP contribution is 2.31. The zero-order chi connectivity index (χ0) is 15.5. The summed E-state index contributed by atoms with van der Waals surface area (Å²) in [5.74, 6) is 1.20. The van der Waals surface area contributed by atoms with E-state index in [1.165, 1.54) is 5.56 Å². The molecule has 0 aliphatic carbocycles. The lowest BCUT2D eigenvalue weighted by atomic mass is 9.88. The van der Waals surface area contributed by atoms with E-state index in [0.717, 1.165) is 12.3 Å². The molecule has 0 amide bonds. The van der Waals surface area contributed by atoms with Gasteiger partial charge >= 0.3 is 0 Å². The SMILES string of the molecule is CO[C@H](c1ccccc1)[C@@H](C)CC1=N[C@@H](C(C)(C)C)CO1. The monoisotopic (exact) mass is 289 g/mol. The molecule has 0 N–H and O–H groups in total. The highest BCUT2D eigenvalue weighted by atomic mass is 16.5. The zero-order valence-corrected chi connectivity index (χ0v) is 13.8. The normalized spacial score (nSPS) is 21.6. The van der Waals surface area contributed by atoms with E-state index in [1.54, 1.807) is 7.11 Å². The second-order valence-electron chi connectivity index (χ2n) is 6.96. The van der Waals surface area contributed by atoms with E-state index < -0.39 is 0 Å². The number of ether oxygens (including phenoxy) is 2. The van der Waals surface area contributed by atoms with E-state index in [0.29, 0.717) is 12.5 Å². The molecule has 1 aliphatic heterocycles. The van der Waals surface area contributed by atoms with Crippen LogP contribution in [0.1, 0.15) is 45.8 Å². The molecular formula is C18H27NO2. The quantitative estimate of drug-likeness (QED) is 0.811. The van der Waals surface area contributed by atoms with Gasteiger partial charge < -0.3 is 9.47 Å². The molecular weight excluding hydrogens is 262 g/mol. The van der Waals surface area contributed by atoms with Crippen molar-refractivity contribution in [1.82, 2.24) is 0 Å². The van der Waals surface area contributed by atoms with E-state index in [9.17, 15) is 0 Å². The number of hydrogen-bond donors (Lipinski definition) is 0. The summed E-state index contributed by atoms with van der Waals surface area (Å²) in [6, 6.07) is 10.6. The van der Waals surface area contributed by atoms with Crippen LogP contribution < -0.4 is 0 Å². The van der Waals surface area contributed by atoms with E-state index >= 15 is 0 Å². The molecule has 0 spiro atoms. The summed E-state index contributed by atoms with van der Waals surface area (Å²) in [6.45, 7) is 9.52. The summed E-state index contributed by atoms with van der Waals surface area (Å²) >= 11 is 0. The van der Waals surface area contributed by atoms with Gasteiger partial charge in [0.25, 0.3) is 0 Å². The molecule has 0 fully saturated rings. The van der Waals surface area contributed by atoms with Crippen molar-refractivity contribution in [1.29, 1.82) is 0 Å². The Labute approximate surface area is 128 Å². The second-order valence-corrected chi connectivity index (χ2v) is 6.96. The van der Waals surface area contributed by atoms with Crippen molar-refractivity contribution in [3.8, 4) is 0 Å². The minimum absolute atomic E-state index is 0.0752. The first-order chi connectivity index (χ1) is 9.91. The van der Waals surface area contributed by atoms with Gasteiger partial charge in [-0.3, -0.25) is 0 Å². The van der Waals surface area contributed by atoms with Gasteiger partial charge in [-0.25, -0.2) is 4.99 Å². The number of benzene rings is 1.